The molecule has 0 radical (unpaired) electrons. The van der Waals surface area contributed by atoms with E-state index in [1.54, 1.807) is 6.92 Å². The zero-order valence-electron chi connectivity index (χ0n) is 16.6. The number of carbonyl (C=O) groups is 2. The van der Waals surface area contributed by atoms with Gasteiger partial charge in [-0.3, -0.25) is 9.59 Å². The highest BCUT2D eigenvalue weighted by Crippen LogP contribution is 2.69. The van der Waals surface area contributed by atoms with Gasteiger partial charge in [0.2, 0.25) is 0 Å². The molecule has 0 aromatic heterocycles. The van der Waals surface area contributed by atoms with Gasteiger partial charge in [0.15, 0.2) is 11.6 Å². The maximum absolute atomic E-state index is 15.1. The lowest BCUT2D eigenvalue weighted by atomic mass is 9.46. The zero-order valence-corrected chi connectivity index (χ0v) is 16.6. The molecule has 3 N–H and O–H groups in total. The minimum absolute atomic E-state index is 0.0693. The Bertz CT molecular complexity index is 803. The largest absolute Gasteiger partial charge is 0.393 e. The summed E-state index contributed by atoms with van der Waals surface area (Å²) < 4.78 is 15.1. The van der Waals surface area contributed by atoms with Crippen molar-refractivity contribution in [1.82, 2.24) is 0 Å². The third-order valence-corrected chi connectivity index (χ3v) is 8.77. The first-order valence-corrected chi connectivity index (χ1v) is 10.2. The van der Waals surface area contributed by atoms with Gasteiger partial charge >= 0.3 is 0 Å². The van der Waals surface area contributed by atoms with E-state index in [0.717, 1.165) is 11.6 Å². The molecular weight excluding hydrogens is 363 g/mol. The molecule has 0 aromatic carbocycles. The lowest BCUT2D eigenvalue weighted by Crippen LogP contribution is -2.63. The van der Waals surface area contributed by atoms with Crippen molar-refractivity contribution in [3.8, 4) is 0 Å². The molecule has 3 saturated carbocycles. The SMILES string of the molecule is CC1CC2C3CCC4=CC(=O)C=C(F)C4(C)C3C(O)CC2(C)C1(O)C(=O)CO. The summed E-state index contributed by atoms with van der Waals surface area (Å²) in [5.41, 5.74) is -2.88. The quantitative estimate of drug-likeness (QED) is 0.669. The van der Waals surface area contributed by atoms with E-state index in [4.69, 9.17) is 0 Å². The summed E-state index contributed by atoms with van der Waals surface area (Å²) >= 11 is 0. The highest BCUT2D eigenvalue weighted by atomic mass is 19.1. The first-order valence-electron chi connectivity index (χ1n) is 10.2. The molecule has 6 heteroatoms. The molecule has 0 aromatic rings. The van der Waals surface area contributed by atoms with E-state index in [0.29, 0.717) is 19.3 Å². The fourth-order valence-corrected chi connectivity index (χ4v) is 7.43. The monoisotopic (exact) mass is 392 g/mol. The fraction of sp³-hybridized carbons (Fsp3) is 0.727. The van der Waals surface area contributed by atoms with Crippen molar-refractivity contribution in [2.45, 2.75) is 58.2 Å². The van der Waals surface area contributed by atoms with Crippen LogP contribution in [-0.2, 0) is 9.59 Å². The maximum Gasteiger partial charge on any atom is 0.190 e. The minimum Gasteiger partial charge on any atom is -0.393 e. The molecule has 4 rings (SSSR count). The zero-order chi connectivity index (χ0) is 20.6. The summed E-state index contributed by atoms with van der Waals surface area (Å²) in [4.78, 5) is 24.4. The second-order valence-corrected chi connectivity index (χ2v) is 9.77. The Morgan fingerprint density at radius 3 is 2.64 bits per heavy atom. The number of allylic oxidation sites excluding steroid dienone is 4. The van der Waals surface area contributed by atoms with Crippen molar-refractivity contribution in [1.29, 1.82) is 0 Å². The van der Waals surface area contributed by atoms with Crippen LogP contribution in [0.3, 0.4) is 0 Å². The molecule has 0 aliphatic heterocycles. The Labute approximate surface area is 164 Å². The Morgan fingerprint density at radius 2 is 2.00 bits per heavy atom. The summed E-state index contributed by atoms with van der Waals surface area (Å²) in [7, 11) is 0. The van der Waals surface area contributed by atoms with Gasteiger partial charge in [0.25, 0.3) is 0 Å². The first kappa shape index (κ1) is 19.9. The summed E-state index contributed by atoms with van der Waals surface area (Å²) in [6.07, 6.45) is 3.60. The van der Waals surface area contributed by atoms with Crippen LogP contribution < -0.4 is 0 Å². The molecule has 0 spiro atoms. The van der Waals surface area contributed by atoms with E-state index in [9.17, 15) is 24.9 Å². The number of ketones is 2. The number of carbonyl (C=O) groups excluding carboxylic acids is 2. The second-order valence-electron chi connectivity index (χ2n) is 9.77. The van der Waals surface area contributed by atoms with Crippen LogP contribution in [0.2, 0.25) is 0 Å². The highest BCUT2D eigenvalue weighted by Gasteiger charge is 2.70. The molecule has 0 amide bonds. The number of halogens is 1. The van der Waals surface area contributed by atoms with Gasteiger partial charge in [0.1, 0.15) is 18.0 Å². The predicted molar refractivity (Wildman–Crippen MR) is 99.6 cm³/mol. The van der Waals surface area contributed by atoms with E-state index >= 15 is 4.39 Å². The standard InChI is InChI=1S/C22H29FO5/c1-11-6-15-14-5-4-12-7-13(25)8-17(23)21(12,3)19(14)16(26)9-20(15,2)22(11,28)18(27)10-24/h7-8,11,14-16,19,24,26,28H,4-6,9-10H2,1-3H3. The van der Waals surface area contributed by atoms with Crippen LogP contribution in [0.4, 0.5) is 4.39 Å². The smallest absolute Gasteiger partial charge is 0.190 e. The van der Waals surface area contributed by atoms with Gasteiger partial charge in [0, 0.05) is 22.8 Å². The number of hydrogen-bond acceptors (Lipinski definition) is 5. The van der Waals surface area contributed by atoms with Crippen molar-refractivity contribution in [2.75, 3.05) is 6.61 Å². The van der Waals surface area contributed by atoms with E-state index in [-0.39, 0.29) is 30.0 Å². The highest BCUT2D eigenvalue weighted by molar-refractivity contribution is 6.01. The van der Waals surface area contributed by atoms with Crippen molar-refractivity contribution >= 4 is 11.6 Å². The van der Waals surface area contributed by atoms with E-state index < -0.39 is 46.7 Å². The van der Waals surface area contributed by atoms with Crippen LogP contribution in [-0.4, -0.2) is 45.2 Å². The van der Waals surface area contributed by atoms with Crippen LogP contribution >= 0.6 is 0 Å². The molecule has 154 valence electrons. The number of aliphatic hydroxyl groups excluding tert-OH is 2. The molecule has 0 heterocycles. The number of aliphatic hydroxyl groups is 3. The van der Waals surface area contributed by atoms with Gasteiger partial charge in [-0.25, -0.2) is 4.39 Å². The Balaban J connectivity index is 1.80. The molecule has 4 aliphatic carbocycles. The van der Waals surface area contributed by atoms with Crippen LogP contribution in [0.15, 0.2) is 23.6 Å². The Morgan fingerprint density at radius 1 is 1.32 bits per heavy atom. The average Bonchev–Trinajstić information content (AvgIpc) is 2.83. The molecule has 8 atom stereocenters. The summed E-state index contributed by atoms with van der Waals surface area (Å²) in [6, 6.07) is 0. The van der Waals surface area contributed by atoms with Gasteiger partial charge in [-0.2, -0.15) is 0 Å². The number of fused-ring (bicyclic) bond motifs is 5. The van der Waals surface area contributed by atoms with Crippen molar-refractivity contribution in [3.63, 3.8) is 0 Å². The average molecular weight is 392 g/mol. The van der Waals surface area contributed by atoms with Crippen molar-refractivity contribution in [2.24, 2.45) is 34.5 Å². The van der Waals surface area contributed by atoms with Gasteiger partial charge < -0.3 is 15.3 Å². The molecule has 4 aliphatic rings. The summed E-state index contributed by atoms with van der Waals surface area (Å²) in [6.45, 7) is 4.67. The molecule has 0 saturated heterocycles. The molecule has 3 fully saturated rings. The molecule has 28 heavy (non-hydrogen) atoms. The molecule has 0 bridgehead atoms. The maximum atomic E-state index is 15.1. The van der Waals surface area contributed by atoms with Gasteiger partial charge in [-0.15, -0.1) is 0 Å². The van der Waals surface area contributed by atoms with Crippen LogP contribution in [0.5, 0.6) is 0 Å². The van der Waals surface area contributed by atoms with E-state index in [1.165, 1.54) is 6.08 Å². The summed E-state index contributed by atoms with van der Waals surface area (Å²) in [5, 5.41) is 32.1. The topological polar surface area (TPSA) is 94.8 Å². The lowest BCUT2D eigenvalue weighted by molar-refractivity contribution is -0.185. The lowest BCUT2D eigenvalue weighted by Gasteiger charge is -2.59. The number of Topliss-reactive ketones (excluding diaryl/α,β-unsaturated/α-hetero) is 1. The molecule has 5 nitrogen and oxygen atoms in total. The van der Waals surface area contributed by atoms with Gasteiger partial charge in [0.05, 0.1) is 6.10 Å². The van der Waals surface area contributed by atoms with Crippen LogP contribution in [0, 0.1) is 34.5 Å². The number of hydrogen-bond donors (Lipinski definition) is 3. The second kappa shape index (κ2) is 6.07. The van der Waals surface area contributed by atoms with Crippen molar-refractivity contribution in [3.05, 3.63) is 23.6 Å². The van der Waals surface area contributed by atoms with Crippen LogP contribution in [0.25, 0.3) is 0 Å². The number of rotatable bonds is 2. The van der Waals surface area contributed by atoms with Crippen molar-refractivity contribution < 1.29 is 29.3 Å². The first-order chi connectivity index (χ1) is 13.0. The Hall–Kier alpha value is -1.37. The van der Waals surface area contributed by atoms with E-state index in [2.05, 4.69) is 0 Å². The predicted octanol–water partition coefficient (Wildman–Crippen LogP) is 2.10. The third-order valence-electron chi connectivity index (χ3n) is 8.77. The third kappa shape index (κ3) is 2.17. The Kier molecular flexibility index (Phi) is 4.32. The fourth-order valence-electron chi connectivity index (χ4n) is 7.43. The minimum atomic E-state index is -1.70. The summed E-state index contributed by atoms with van der Waals surface area (Å²) in [5.74, 6) is -2.37. The molecule has 8 unspecified atom stereocenters. The van der Waals surface area contributed by atoms with Crippen LogP contribution in [0.1, 0.15) is 46.5 Å². The van der Waals surface area contributed by atoms with Gasteiger partial charge in [-0.1, -0.05) is 19.4 Å². The van der Waals surface area contributed by atoms with Gasteiger partial charge in [-0.05, 0) is 56.4 Å². The molecular formula is C22H29FO5. The normalized spacial score (nSPS) is 50.2. The van der Waals surface area contributed by atoms with E-state index in [1.807, 2.05) is 13.8 Å².